The largest absolute Gasteiger partial charge is 0.303 e. The van der Waals surface area contributed by atoms with Crippen molar-refractivity contribution in [3.63, 3.8) is 0 Å². The average Bonchev–Trinajstić information content (AvgIpc) is 2.69. The number of unbranched alkanes of at least 4 members (excludes halogenated alkanes) is 1. The molecular weight excluding hydrogens is 360 g/mol. The average molecular weight is 405 g/mol. The van der Waals surface area contributed by atoms with Crippen LogP contribution in [0.1, 0.15) is 92.2 Å². The molecule has 0 heterocycles. The Kier molecular flexibility index (Phi) is 17.4. The fourth-order valence-corrected chi connectivity index (χ4v) is 2.40. The van der Waals surface area contributed by atoms with E-state index in [1.807, 2.05) is 20.8 Å². The molecule has 0 aliphatic carbocycles. The lowest BCUT2D eigenvalue weighted by molar-refractivity contribution is -0.111. The molecule has 0 aromatic heterocycles. The highest BCUT2D eigenvalue weighted by Crippen LogP contribution is 2.22. The number of rotatable bonds is 9. The Bertz CT molecular complexity index is 538. The molecule has 0 N–H and O–H groups in total. The van der Waals surface area contributed by atoms with Crippen molar-refractivity contribution in [2.45, 2.75) is 92.9 Å². The summed E-state index contributed by atoms with van der Waals surface area (Å²) in [5.41, 5.74) is 2.78. The summed E-state index contributed by atoms with van der Waals surface area (Å²) in [4.78, 5) is 30.3. The van der Waals surface area contributed by atoms with E-state index in [4.69, 9.17) is 0 Å². The van der Waals surface area contributed by atoms with Crippen LogP contribution in [0.4, 0.5) is 0 Å². The molecule has 0 fully saturated rings. The van der Waals surface area contributed by atoms with Crippen LogP contribution < -0.4 is 0 Å². The molecule has 1 aromatic carbocycles. The Labute approximate surface area is 179 Å². The Balaban J connectivity index is 0. The highest BCUT2D eigenvalue weighted by Gasteiger charge is 2.13. The topological polar surface area (TPSA) is 51.2 Å². The van der Waals surface area contributed by atoms with Gasteiger partial charge in [-0.3, -0.25) is 0 Å². The first kappa shape index (κ1) is 29.4. The summed E-state index contributed by atoms with van der Waals surface area (Å²) in [7, 11) is 0. The van der Waals surface area contributed by atoms with Gasteiger partial charge in [0.05, 0.1) is 0 Å². The van der Waals surface area contributed by atoms with Crippen molar-refractivity contribution < 1.29 is 14.4 Å². The van der Waals surface area contributed by atoms with Crippen molar-refractivity contribution in [1.29, 1.82) is 0 Å². The van der Waals surface area contributed by atoms with Gasteiger partial charge in [0.2, 0.25) is 0 Å². The summed E-state index contributed by atoms with van der Waals surface area (Å²) >= 11 is 0. The van der Waals surface area contributed by atoms with E-state index in [0.717, 1.165) is 38.1 Å². The smallest absolute Gasteiger partial charge is 0.123 e. The summed E-state index contributed by atoms with van der Waals surface area (Å²) < 4.78 is 0. The maximum atomic E-state index is 10.5. The van der Waals surface area contributed by atoms with E-state index in [0.29, 0.717) is 5.92 Å². The number of aldehydes is 3. The van der Waals surface area contributed by atoms with Gasteiger partial charge in [-0.05, 0) is 35.8 Å². The highest BCUT2D eigenvalue weighted by molar-refractivity contribution is 5.53. The van der Waals surface area contributed by atoms with Crippen LogP contribution >= 0.6 is 0 Å². The molecule has 0 aliphatic heterocycles. The molecule has 166 valence electrons. The molecule has 3 heteroatoms. The molecule has 29 heavy (non-hydrogen) atoms. The van der Waals surface area contributed by atoms with E-state index in [1.165, 1.54) is 24.0 Å². The van der Waals surface area contributed by atoms with E-state index >= 15 is 0 Å². The van der Waals surface area contributed by atoms with Crippen LogP contribution in [0.2, 0.25) is 0 Å². The van der Waals surface area contributed by atoms with Crippen LogP contribution in [0.15, 0.2) is 24.3 Å². The maximum absolute atomic E-state index is 10.5. The van der Waals surface area contributed by atoms with Crippen LogP contribution in [-0.2, 0) is 26.2 Å². The van der Waals surface area contributed by atoms with E-state index in [9.17, 15) is 14.4 Å². The fourth-order valence-electron chi connectivity index (χ4n) is 2.40. The van der Waals surface area contributed by atoms with Crippen LogP contribution in [0, 0.1) is 17.8 Å². The van der Waals surface area contributed by atoms with E-state index < -0.39 is 0 Å². The zero-order valence-electron chi connectivity index (χ0n) is 20.0. The molecular formula is C26H44O3. The zero-order valence-corrected chi connectivity index (χ0v) is 20.0. The van der Waals surface area contributed by atoms with Gasteiger partial charge in [0.1, 0.15) is 18.9 Å². The second-order valence-electron chi connectivity index (χ2n) is 9.09. The van der Waals surface area contributed by atoms with Gasteiger partial charge in [-0.2, -0.15) is 0 Å². The molecule has 1 rings (SSSR count). The van der Waals surface area contributed by atoms with Crippen molar-refractivity contribution >= 4 is 18.9 Å². The van der Waals surface area contributed by atoms with Gasteiger partial charge in [0.15, 0.2) is 0 Å². The number of hydrogen-bond acceptors (Lipinski definition) is 3. The molecule has 2 unspecified atom stereocenters. The van der Waals surface area contributed by atoms with Gasteiger partial charge >= 0.3 is 0 Å². The molecule has 0 aliphatic rings. The van der Waals surface area contributed by atoms with Crippen molar-refractivity contribution in [3.8, 4) is 0 Å². The first-order valence-corrected chi connectivity index (χ1v) is 11.0. The summed E-state index contributed by atoms with van der Waals surface area (Å²) in [6.45, 7) is 16.5. The van der Waals surface area contributed by atoms with Crippen LogP contribution in [0.25, 0.3) is 0 Å². The first-order valence-electron chi connectivity index (χ1n) is 11.0. The molecule has 0 saturated carbocycles. The van der Waals surface area contributed by atoms with E-state index in [1.54, 1.807) is 0 Å². The monoisotopic (exact) mass is 404 g/mol. The Hall–Kier alpha value is -1.77. The van der Waals surface area contributed by atoms with Crippen molar-refractivity contribution in [2.75, 3.05) is 0 Å². The van der Waals surface area contributed by atoms with Gasteiger partial charge in [-0.1, -0.05) is 92.5 Å². The molecule has 0 saturated heterocycles. The van der Waals surface area contributed by atoms with Crippen molar-refractivity contribution in [3.05, 3.63) is 35.4 Å². The van der Waals surface area contributed by atoms with Crippen LogP contribution in [0.5, 0.6) is 0 Å². The summed E-state index contributed by atoms with van der Waals surface area (Å²) in [5.74, 6) is 0.644. The predicted octanol–water partition coefficient (Wildman–Crippen LogP) is 6.60. The molecule has 3 nitrogen and oxygen atoms in total. The number of carbonyl (C=O) groups is 3. The Morgan fingerprint density at radius 3 is 1.69 bits per heavy atom. The van der Waals surface area contributed by atoms with Crippen molar-refractivity contribution in [2.24, 2.45) is 17.8 Å². The standard InChI is InChI=1S/C14H20O.C8H16O.C4H8O/c1-11(10-15)9-12-5-7-13(8-6-12)14(2,3)4;1-3-5-6-8(4-2)7-9;1-4(2)3-5/h5-8,10-11H,9H2,1-4H3;7-8H,3-6H2,1-2H3;3-4H,1-2H3. The molecule has 2 atom stereocenters. The van der Waals surface area contributed by atoms with Gasteiger partial charge < -0.3 is 14.4 Å². The molecule has 0 spiro atoms. The highest BCUT2D eigenvalue weighted by atomic mass is 16.1. The number of hydrogen-bond donors (Lipinski definition) is 0. The lowest BCUT2D eigenvalue weighted by Crippen LogP contribution is -2.11. The van der Waals surface area contributed by atoms with Gasteiger partial charge in [-0.15, -0.1) is 0 Å². The number of benzene rings is 1. The van der Waals surface area contributed by atoms with Gasteiger partial charge in [-0.25, -0.2) is 0 Å². The Morgan fingerprint density at radius 1 is 0.862 bits per heavy atom. The lowest BCUT2D eigenvalue weighted by Gasteiger charge is -2.19. The second-order valence-corrected chi connectivity index (χ2v) is 9.09. The SMILES string of the molecule is CC(C)C=O.CC(C=O)Cc1ccc(C(C)(C)C)cc1.CCCCC(C=O)CC. The minimum atomic E-state index is 0.116. The summed E-state index contributed by atoms with van der Waals surface area (Å²) in [6.07, 6.45) is 8.32. The molecule has 1 aromatic rings. The summed E-state index contributed by atoms with van der Waals surface area (Å²) in [6, 6.07) is 8.57. The first-order chi connectivity index (χ1) is 13.5. The minimum Gasteiger partial charge on any atom is -0.303 e. The third-order valence-electron chi connectivity index (χ3n) is 4.53. The predicted molar refractivity (Wildman–Crippen MR) is 124 cm³/mol. The summed E-state index contributed by atoms with van der Waals surface area (Å²) in [5, 5.41) is 0. The van der Waals surface area contributed by atoms with Crippen LogP contribution in [-0.4, -0.2) is 18.9 Å². The van der Waals surface area contributed by atoms with E-state index in [-0.39, 0.29) is 17.3 Å². The Morgan fingerprint density at radius 2 is 1.38 bits per heavy atom. The van der Waals surface area contributed by atoms with Gasteiger partial charge in [0, 0.05) is 17.8 Å². The lowest BCUT2D eigenvalue weighted by atomic mass is 9.86. The van der Waals surface area contributed by atoms with Crippen LogP contribution in [0.3, 0.4) is 0 Å². The normalized spacial score (nSPS) is 12.6. The second kappa shape index (κ2) is 17.1. The molecule has 0 bridgehead atoms. The minimum absolute atomic E-state index is 0.116. The quantitative estimate of drug-likeness (QED) is 0.435. The zero-order chi connectivity index (χ0) is 22.9. The maximum Gasteiger partial charge on any atom is 0.123 e. The number of carbonyl (C=O) groups excluding carboxylic acids is 3. The van der Waals surface area contributed by atoms with Crippen molar-refractivity contribution in [1.82, 2.24) is 0 Å². The molecule has 0 amide bonds. The fraction of sp³-hybridized carbons (Fsp3) is 0.654. The third-order valence-corrected chi connectivity index (χ3v) is 4.53. The molecule has 0 radical (unpaired) electrons. The third kappa shape index (κ3) is 16.9. The van der Waals surface area contributed by atoms with Gasteiger partial charge in [0.25, 0.3) is 0 Å². The van der Waals surface area contributed by atoms with E-state index in [2.05, 4.69) is 58.9 Å².